The number of nitrogens with zero attached hydrogens (tertiary/aromatic N) is 4. The SMILES string of the molecule is Cc1ccc(-c2ccc(N3CCN(C(=O)COc4ccc(-c5ccccc5)cc4)CC3)nn2)cc1C. The monoisotopic (exact) mass is 478 g/mol. The number of carbonyl (C=O) groups excluding carboxylic acids is 1. The second-order valence-corrected chi connectivity index (χ2v) is 9.12. The van der Waals surface area contributed by atoms with Crippen molar-refractivity contribution < 1.29 is 9.53 Å². The van der Waals surface area contributed by atoms with E-state index in [9.17, 15) is 4.79 Å². The smallest absolute Gasteiger partial charge is 0.260 e. The van der Waals surface area contributed by atoms with Gasteiger partial charge in [0.05, 0.1) is 5.69 Å². The minimum atomic E-state index is -0.00189. The second-order valence-electron chi connectivity index (χ2n) is 9.12. The molecule has 1 aliphatic rings. The molecule has 1 amide bonds. The lowest BCUT2D eigenvalue weighted by Gasteiger charge is -2.35. The van der Waals surface area contributed by atoms with Crippen LogP contribution in [0, 0.1) is 13.8 Å². The molecule has 36 heavy (non-hydrogen) atoms. The molecule has 0 radical (unpaired) electrons. The quantitative estimate of drug-likeness (QED) is 0.383. The van der Waals surface area contributed by atoms with Crippen LogP contribution in [-0.4, -0.2) is 53.8 Å². The third-order valence-electron chi connectivity index (χ3n) is 6.73. The molecule has 0 bridgehead atoms. The molecule has 6 heteroatoms. The Morgan fingerprint density at radius 1 is 0.750 bits per heavy atom. The number of ether oxygens (including phenoxy) is 1. The maximum Gasteiger partial charge on any atom is 0.260 e. The molecule has 0 atom stereocenters. The first-order valence-corrected chi connectivity index (χ1v) is 12.3. The molecule has 0 aliphatic carbocycles. The van der Waals surface area contributed by atoms with Crippen molar-refractivity contribution in [3.8, 4) is 28.1 Å². The van der Waals surface area contributed by atoms with Crippen LogP contribution in [0.25, 0.3) is 22.4 Å². The molecule has 1 saturated heterocycles. The first-order chi connectivity index (χ1) is 17.6. The summed E-state index contributed by atoms with van der Waals surface area (Å²) in [5.41, 5.74) is 6.72. The second kappa shape index (κ2) is 10.6. The van der Waals surface area contributed by atoms with Gasteiger partial charge >= 0.3 is 0 Å². The molecule has 5 rings (SSSR count). The van der Waals surface area contributed by atoms with Crippen LogP contribution in [0.3, 0.4) is 0 Å². The van der Waals surface area contributed by atoms with Crippen LogP contribution in [0.1, 0.15) is 11.1 Å². The number of hydrogen-bond acceptors (Lipinski definition) is 5. The number of piperazine rings is 1. The lowest BCUT2D eigenvalue weighted by atomic mass is 10.0. The Bertz CT molecular complexity index is 1310. The normalized spacial score (nSPS) is 13.5. The van der Waals surface area contributed by atoms with Gasteiger partial charge in [0.15, 0.2) is 12.4 Å². The molecular formula is C30H30N4O2. The van der Waals surface area contributed by atoms with E-state index in [1.165, 1.54) is 11.1 Å². The summed E-state index contributed by atoms with van der Waals surface area (Å²) in [6.07, 6.45) is 0. The number of benzene rings is 3. The highest BCUT2D eigenvalue weighted by Gasteiger charge is 2.22. The molecule has 182 valence electrons. The van der Waals surface area contributed by atoms with Crippen molar-refractivity contribution in [1.29, 1.82) is 0 Å². The molecule has 1 aromatic heterocycles. The predicted molar refractivity (Wildman–Crippen MR) is 143 cm³/mol. The summed E-state index contributed by atoms with van der Waals surface area (Å²) in [4.78, 5) is 16.7. The van der Waals surface area contributed by atoms with Crippen molar-refractivity contribution in [1.82, 2.24) is 15.1 Å². The first-order valence-electron chi connectivity index (χ1n) is 12.3. The average Bonchev–Trinajstić information content (AvgIpc) is 2.94. The molecule has 0 unspecified atom stereocenters. The number of rotatable bonds is 6. The average molecular weight is 479 g/mol. The van der Waals surface area contributed by atoms with Gasteiger partial charge in [0.2, 0.25) is 0 Å². The zero-order valence-electron chi connectivity index (χ0n) is 20.7. The number of aromatic nitrogens is 2. The molecule has 0 saturated carbocycles. The van der Waals surface area contributed by atoms with Crippen molar-refractivity contribution >= 4 is 11.7 Å². The van der Waals surface area contributed by atoms with Crippen molar-refractivity contribution in [2.75, 3.05) is 37.7 Å². The minimum absolute atomic E-state index is 0.00189. The molecule has 3 aromatic carbocycles. The highest BCUT2D eigenvalue weighted by molar-refractivity contribution is 5.78. The summed E-state index contributed by atoms with van der Waals surface area (Å²) in [6, 6.07) is 28.4. The zero-order chi connectivity index (χ0) is 24.9. The van der Waals surface area contributed by atoms with E-state index in [2.05, 4.69) is 59.3 Å². The largest absolute Gasteiger partial charge is 0.484 e. The Morgan fingerprint density at radius 3 is 2.11 bits per heavy atom. The van der Waals surface area contributed by atoms with Gasteiger partial charge in [0, 0.05) is 31.7 Å². The molecule has 6 nitrogen and oxygen atoms in total. The van der Waals surface area contributed by atoms with E-state index >= 15 is 0 Å². The van der Waals surface area contributed by atoms with Crippen LogP contribution in [-0.2, 0) is 4.79 Å². The molecule has 1 fully saturated rings. The summed E-state index contributed by atoms with van der Waals surface area (Å²) in [7, 11) is 0. The van der Waals surface area contributed by atoms with E-state index in [-0.39, 0.29) is 12.5 Å². The Kier molecular flexibility index (Phi) is 6.94. The predicted octanol–water partition coefficient (Wildman–Crippen LogP) is 5.16. The lowest BCUT2D eigenvalue weighted by molar-refractivity contribution is -0.133. The van der Waals surface area contributed by atoms with E-state index < -0.39 is 0 Å². The van der Waals surface area contributed by atoms with Gasteiger partial charge in [0.1, 0.15) is 5.75 Å². The summed E-state index contributed by atoms with van der Waals surface area (Å²) in [6.45, 7) is 6.95. The van der Waals surface area contributed by atoms with Crippen LogP contribution < -0.4 is 9.64 Å². The van der Waals surface area contributed by atoms with E-state index in [1.807, 2.05) is 59.5 Å². The summed E-state index contributed by atoms with van der Waals surface area (Å²) in [5.74, 6) is 1.53. The van der Waals surface area contributed by atoms with Gasteiger partial charge in [-0.05, 0) is 66.4 Å². The van der Waals surface area contributed by atoms with Crippen LogP contribution in [0.2, 0.25) is 0 Å². The molecule has 1 aliphatic heterocycles. The number of amides is 1. The fourth-order valence-electron chi connectivity index (χ4n) is 4.34. The zero-order valence-corrected chi connectivity index (χ0v) is 20.7. The summed E-state index contributed by atoms with van der Waals surface area (Å²) >= 11 is 0. The standard InChI is InChI=1S/C30H30N4O2/c1-22-8-9-26(20-23(22)2)28-14-15-29(32-31-28)33-16-18-34(19-17-33)30(35)21-36-27-12-10-25(11-13-27)24-6-4-3-5-7-24/h3-15,20H,16-19,21H2,1-2H3. The van der Waals surface area contributed by atoms with E-state index in [0.29, 0.717) is 18.8 Å². The molecule has 0 spiro atoms. The van der Waals surface area contributed by atoms with Gasteiger partial charge in [-0.25, -0.2) is 0 Å². The number of hydrogen-bond donors (Lipinski definition) is 0. The van der Waals surface area contributed by atoms with Gasteiger partial charge in [-0.3, -0.25) is 4.79 Å². The van der Waals surface area contributed by atoms with Gasteiger partial charge in [0.25, 0.3) is 5.91 Å². The highest BCUT2D eigenvalue weighted by atomic mass is 16.5. The molecule has 2 heterocycles. The number of aryl methyl sites for hydroxylation is 2. The van der Waals surface area contributed by atoms with Crippen LogP contribution in [0.5, 0.6) is 5.75 Å². The van der Waals surface area contributed by atoms with Crippen molar-refractivity contribution in [2.24, 2.45) is 0 Å². The third kappa shape index (κ3) is 5.38. The Labute approximate surface area is 212 Å². The van der Waals surface area contributed by atoms with Gasteiger partial charge < -0.3 is 14.5 Å². The van der Waals surface area contributed by atoms with E-state index in [4.69, 9.17) is 4.74 Å². The Morgan fingerprint density at radius 2 is 1.44 bits per heavy atom. The van der Waals surface area contributed by atoms with E-state index in [0.717, 1.165) is 41.3 Å². The fraction of sp³-hybridized carbons (Fsp3) is 0.233. The van der Waals surface area contributed by atoms with Crippen molar-refractivity contribution in [2.45, 2.75) is 13.8 Å². The number of carbonyl (C=O) groups is 1. The highest BCUT2D eigenvalue weighted by Crippen LogP contribution is 2.23. The topological polar surface area (TPSA) is 58.6 Å². The summed E-state index contributed by atoms with van der Waals surface area (Å²) in [5, 5.41) is 8.90. The lowest BCUT2D eigenvalue weighted by Crippen LogP contribution is -2.50. The fourth-order valence-corrected chi connectivity index (χ4v) is 4.34. The summed E-state index contributed by atoms with van der Waals surface area (Å²) < 4.78 is 5.77. The van der Waals surface area contributed by atoms with Crippen LogP contribution in [0.15, 0.2) is 84.9 Å². The van der Waals surface area contributed by atoms with Gasteiger partial charge in [-0.15, -0.1) is 10.2 Å². The Hall–Kier alpha value is -4.19. The van der Waals surface area contributed by atoms with Crippen molar-refractivity contribution in [3.05, 3.63) is 96.1 Å². The van der Waals surface area contributed by atoms with Gasteiger partial charge in [-0.2, -0.15) is 0 Å². The minimum Gasteiger partial charge on any atom is -0.484 e. The van der Waals surface area contributed by atoms with Crippen LogP contribution in [0.4, 0.5) is 5.82 Å². The molecule has 0 N–H and O–H groups in total. The van der Waals surface area contributed by atoms with E-state index in [1.54, 1.807) is 0 Å². The maximum absolute atomic E-state index is 12.7. The van der Waals surface area contributed by atoms with Crippen LogP contribution >= 0.6 is 0 Å². The number of anilines is 1. The van der Waals surface area contributed by atoms with Gasteiger partial charge in [-0.1, -0.05) is 54.6 Å². The first kappa shape index (κ1) is 23.5. The van der Waals surface area contributed by atoms with Crippen molar-refractivity contribution in [3.63, 3.8) is 0 Å². The maximum atomic E-state index is 12.7. The molecule has 4 aromatic rings. The Balaban J connectivity index is 1.11. The third-order valence-corrected chi connectivity index (χ3v) is 6.73. The molecular weight excluding hydrogens is 448 g/mol.